The molecule has 58 valence electrons. The summed E-state index contributed by atoms with van der Waals surface area (Å²) in [6, 6.07) is 7.82. The van der Waals surface area contributed by atoms with Crippen LogP contribution in [-0.4, -0.2) is 0 Å². The summed E-state index contributed by atoms with van der Waals surface area (Å²) in [6.07, 6.45) is 5.29. The molecular weight excluding hydrogens is 156 g/mol. The van der Waals surface area contributed by atoms with Crippen LogP contribution in [0, 0.1) is 0 Å². The monoisotopic (exact) mass is 166 g/mol. The molecular formula is C10H11Cl. The molecule has 0 spiro atoms. The van der Waals surface area contributed by atoms with E-state index in [1.807, 2.05) is 24.3 Å². The SMILES string of the molecule is CCC=Cc1ccc(Cl)cc1. The Labute approximate surface area is 72.5 Å². The van der Waals surface area contributed by atoms with Gasteiger partial charge in [0.05, 0.1) is 0 Å². The molecule has 1 rings (SSSR count). The molecule has 0 bridgehead atoms. The van der Waals surface area contributed by atoms with Gasteiger partial charge in [-0.3, -0.25) is 0 Å². The van der Waals surface area contributed by atoms with E-state index in [-0.39, 0.29) is 0 Å². The molecule has 11 heavy (non-hydrogen) atoms. The Morgan fingerprint density at radius 1 is 1.27 bits per heavy atom. The molecule has 0 amide bonds. The van der Waals surface area contributed by atoms with Gasteiger partial charge in [0.15, 0.2) is 0 Å². The number of rotatable bonds is 2. The Morgan fingerprint density at radius 2 is 1.91 bits per heavy atom. The Hall–Kier alpha value is -0.750. The Bertz CT molecular complexity index is 234. The standard InChI is InChI=1S/C10H11Cl/c1-2-3-4-9-5-7-10(11)8-6-9/h3-8H,2H2,1H3. The summed E-state index contributed by atoms with van der Waals surface area (Å²) in [5.41, 5.74) is 1.20. The topological polar surface area (TPSA) is 0 Å². The first kappa shape index (κ1) is 8.35. The van der Waals surface area contributed by atoms with E-state index in [0.29, 0.717) is 0 Å². The van der Waals surface area contributed by atoms with Crippen molar-refractivity contribution in [3.05, 3.63) is 40.9 Å². The summed E-state index contributed by atoms with van der Waals surface area (Å²) in [5.74, 6) is 0. The summed E-state index contributed by atoms with van der Waals surface area (Å²) in [5, 5.41) is 0.790. The minimum Gasteiger partial charge on any atom is -0.0843 e. The Kier molecular flexibility index (Phi) is 3.18. The molecule has 0 aromatic heterocycles. The molecule has 0 aliphatic rings. The third kappa shape index (κ3) is 2.77. The first-order valence-corrected chi connectivity index (χ1v) is 4.13. The average molecular weight is 167 g/mol. The molecule has 0 radical (unpaired) electrons. The zero-order valence-electron chi connectivity index (χ0n) is 6.55. The molecule has 0 N–H and O–H groups in total. The van der Waals surface area contributed by atoms with Crippen LogP contribution in [0.1, 0.15) is 18.9 Å². The highest BCUT2D eigenvalue weighted by atomic mass is 35.5. The number of allylic oxidation sites excluding steroid dienone is 1. The van der Waals surface area contributed by atoms with Gasteiger partial charge in [-0.1, -0.05) is 42.8 Å². The molecule has 0 aliphatic heterocycles. The third-order valence-corrected chi connectivity index (χ3v) is 1.67. The van der Waals surface area contributed by atoms with E-state index >= 15 is 0 Å². The molecule has 0 saturated carbocycles. The maximum Gasteiger partial charge on any atom is 0.0406 e. The molecule has 1 aromatic carbocycles. The van der Waals surface area contributed by atoms with Crippen molar-refractivity contribution in [2.75, 3.05) is 0 Å². The molecule has 0 saturated heterocycles. The first-order valence-electron chi connectivity index (χ1n) is 3.75. The molecule has 0 atom stereocenters. The van der Waals surface area contributed by atoms with E-state index in [0.717, 1.165) is 11.4 Å². The van der Waals surface area contributed by atoms with Gasteiger partial charge in [-0.2, -0.15) is 0 Å². The van der Waals surface area contributed by atoms with Crippen LogP contribution in [0.25, 0.3) is 6.08 Å². The van der Waals surface area contributed by atoms with Crippen molar-refractivity contribution < 1.29 is 0 Å². The lowest BCUT2D eigenvalue weighted by atomic mass is 10.2. The Balaban J connectivity index is 2.73. The van der Waals surface area contributed by atoms with Gasteiger partial charge in [0.25, 0.3) is 0 Å². The summed E-state index contributed by atoms with van der Waals surface area (Å²) in [7, 11) is 0. The normalized spacial score (nSPS) is 10.7. The second-order valence-corrected chi connectivity index (χ2v) is 2.80. The van der Waals surface area contributed by atoms with E-state index < -0.39 is 0 Å². The van der Waals surface area contributed by atoms with Gasteiger partial charge >= 0.3 is 0 Å². The fourth-order valence-electron chi connectivity index (χ4n) is 0.828. The summed E-state index contributed by atoms with van der Waals surface area (Å²) < 4.78 is 0. The van der Waals surface area contributed by atoms with Gasteiger partial charge in [0, 0.05) is 5.02 Å². The number of hydrogen-bond donors (Lipinski definition) is 0. The summed E-state index contributed by atoms with van der Waals surface area (Å²) >= 11 is 5.72. The van der Waals surface area contributed by atoms with Crippen LogP contribution in [0.5, 0.6) is 0 Å². The van der Waals surface area contributed by atoms with Crippen molar-refractivity contribution in [2.45, 2.75) is 13.3 Å². The molecule has 1 heteroatoms. The summed E-state index contributed by atoms with van der Waals surface area (Å²) in [4.78, 5) is 0. The minimum absolute atomic E-state index is 0.790. The third-order valence-electron chi connectivity index (χ3n) is 1.42. The highest BCUT2D eigenvalue weighted by Crippen LogP contribution is 2.10. The van der Waals surface area contributed by atoms with Gasteiger partial charge in [-0.25, -0.2) is 0 Å². The summed E-state index contributed by atoms with van der Waals surface area (Å²) in [6.45, 7) is 2.12. The van der Waals surface area contributed by atoms with Gasteiger partial charge < -0.3 is 0 Å². The molecule has 1 aromatic rings. The van der Waals surface area contributed by atoms with Crippen LogP contribution in [-0.2, 0) is 0 Å². The quantitative estimate of drug-likeness (QED) is 0.628. The van der Waals surface area contributed by atoms with Crippen LogP contribution in [0.4, 0.5) is 0 Å². The van der Waals surface area contributed by atoms with Gasteiger partial charge in [-0.05, 0) is 24.1 Å². The number of benzene rings is 1. The number of hydrogen-bond acceptors (Lipinski definition) is 0. The zero-order valence-corrected chi connectivity index (χ0v) is 7.31. The molecule has 0 nitrogen and oxygen atoms in total. The van der Waals surface area contributed by atoms with Crippen LogP contribution in [0.3, 0.4) is 0 Å². The zero-order chi connectivity index (χ0) is 8.10. The van der Waals surface area contributed by atoms with E-state index in [4.69, 9.17) is 11.6 Å². The van der Waals surface area contributed by atoms with Crippen molar-refractivity contribution in [2.24, 2.45) is 0 Å². The van der Waals surface area contributed by atoms with E-state index in [1.54, 1.807) is 0 Å². The second kappa shape index (κ2) is 4.20. The average Bonchev–Trinajstić information content (AvgIpc) is 2.04. The molecule has 0 fully saturated rings. The van der Waals surface area contributed by atoms with E-state index in [9.17, 15) is 0 Å². The lowest BCUT2D eigenvalue weighted by Crippen LogP contribution is -1.69. The lowest BCUT2D eigenvalue weighted by molar-refractivity contribution is 1.23. The van der Waals surface area contributed by atoms with Crippen LogP contribution in [0.2, 0.25) is 5.02 Å². The van der Waals surface area contributed by atoms with Gasteiger partial charge in [0.1, 0.15) is 0 Å². The lowest BCUT2D eigenvalue weighted by Gasteiger charge is -1.91. The fourth-order valence-corrected chi connectivity index (χ4v) is 0.954. The molecule has 0 unspecified atom stereocenters. The first-order chi connectivity index (χ1) is 5.33. The van der Waals surface area contributed by atoms with Crippen molar-refractivity contribution >= 4 is 17.7 Å². The van der Waals surface area contributed by atoms with Crippen LogP contribution >= 0.6 is 11.6 Å². The Morgan fingerprint density at radius 3 is 2.45 bits per heavy atom. The predicted molar refractivity (Wildman–Crippen MR) is 50.8 cm³/mol. The maximum absolute atomic E-state index is 5.72. The van der Waals surface area contributed by atoms with Gasteiger partial charge in [0.2, 0.25) is 0 Å². The number of halogens is 1. The highest BCUT2D eigenvalue weighted by Gasteiger charge is 1.85. The van der Waals surface area contributed by atoms with Crippen LogP contribution in [0.15, 0.2) is 30.3 Å². The highest BCUT2D eigenvalue weighted by molar-refractivity contribution is 6.30. The van der Waals surface area contributed by atoms with E-state index in [1.165, 1.54) is 5.56 Å². The molecule has 0 heterocycles. The molecule has 0 aliphatic carbocycles. The van der Waals surface area contributed by atoms with Crippen molar-refractivity contribution in [1.82, 2.24) is 0 Å². The van der Waals surface area contributed by atoms with Crippen molar-refractivity contribution in [1.29, 1.82) is 0 Å². The largest absolute Gasteiger partial charge is 0.0843 e. The predicted octanol–water partition coefficient (Wildman–Crippen LogP) is 3.76. The van der Waals surface area contributed by atoms with Crippen molar-refractivity contribution in [3.63, 3.8) is 0 Å². The fraction of sp³-hybridized carbons (Fsp3) is 0.200. The van der Waals surface area contributed by atoms with Crippen LogP contribution < -0.4 is 0 Å². The van der Waals surface area contributed by atoms with Gasteiger partial charge in [-0.15, -0.1) is 0 Å². The second-order valence-electron chi connectivity index (χ2n) is 2.36. The minimum atomic E-state index is 0.790. The maximum atomic E-state index is 5.72. The van der Waals surface area contributed by atoms with Crippen molar-refractivity contribution in [3.8, 4) is 0 Å². The van der Waals surface area contributed by atoms with E-state index in [2.05, 4.69) is 19.1 Å². The smallest absolute Gasteiger partial charge is 0.0406 e.